The van der Waals surface area contributed by atoms with Gasteiger partial charge in [0.1, 0.15) is 0 Å². The van der Waals surface area contributed by atoms with Gasteiger partial charge in [-0.1, -0.05) is 176 Å². The Labute approximate surface area is 296 Å². The Morgan fingerprint density at radius 3 is 1.54 bits per heavy atom. The van der Waals surface area contributed by atoms with E-state index < -0.39 is 0 Å². The molecule has 7 aromatic rings. The molecule has 0 bridgehead atoms. The molecule has 0 saturated heterocycles. The number of hydrogen-bond acceptors (Lipinski definition) is 1. The van der Waals surface area contributed by atoms with Gasteiger partial charge >= 0.3 is 0 Å². The van der Waals surface area contributed by atoms with Crippen molar-refractivity contribution in [3.63, 3.8) is 0 Å². The lowest BCUT2D eigenvalue weighted by atomic mass is 9.90. The summed E-state index contributed by atoms with van der Waals surface area (Å²) in [5.41, 5.74) is 14.9. The monoisotopic (exact) mass is 641 g/mol. The smallest absolute Gasteiger partial charge is 0.0540 e. The Kier molecular flexibility index (Phi) is 9.76. The maximum atomic E-state index is 4.00. The van der Waals surface area contributed by atoms with E-state index in [-0.39, 0.29) is 0 Å². The molecule has 0 aliphatic carbocycles. The van der Waals surface area contributed by atoms with Crippen molar-refractivity contribution >= 4 is 22.6 Å². The molecule has 1 nitrogen and oxygen atoms in total. The summed E-state index contributed by atoms with van der Waals surface area (Å²) >= 11 is 0. The summed E-state index contributed by atoms with van der Waals surface area (Å²) in [6.07, 6.45) is 8.17. The molecule has 0 N–H and O–H groups in total. The molecular formula is C49H39N. The van der Waals surface area contributed by atoms with Crippen molar-refractivity contribution in [2.24, 2.45) is 0 Å². The molecule has 0 aliphatic rings. The third kappa shape index (κ3) is 6.90. The summed E-state index contributed by atoms with van der Waals surface area (Å²) in [7, 11) is 0. The van der Waals surface area contributed by atoms with Gasteiger partial charge < -0.3 is 4.90 Å². The standard InChI is InChI=1S/C49H39N/c1-3-18-39(19-4-2)46-33-32-43(36-48(46)40-24-12-7-13-25-40)47-30-14-15-31-49(47)50(44-28-16-26-41(34-44)37-20-8-5-9-21-37)45-29-17-27-42(35-45)38-22-10-6-11-23-38/h3-36H,1H2,2H3/b19-4-,39-18+. The molecule has 0 aliphatic heterocycles. The van der Waals surface area contributed by atoms with E-state index >= 15 is 0 Å². The van der Waals surface area contributed by atoms with Crippen molar-refractivity contribution in [1.29, 1.82) is 0 Å². The van der Waals surface area contributed by atoms with E-state index in [1.807, 2.05) is 6.08 Å². The van der Waals surface area contributed by atoms with Gasteiger partial charge in [0.15, 0.2) is 0 Å². The topological polar surface area (TPSA) is 3.24 Å². The second-order valence-electron chi connectivity index (χ2n) is 12.2. The number of allylic oxidation sites excluding steroid dienone is 5. The number of nitrogens with zero attached hydrogens (tertiary/aromatic N) is 1. The largest absolute Gasteiger partial charge is 0.310 e. The summed E-state index contributed by atoms with van der Waals surface area (Å²) < 4.78 is 0. The molecule has 50 heavy (non-hydrogen) atoms. The molecule has 0 radical (unpaired) electrons. The quantitative estimate of drug-likeness (QED) is 0.134. The Bertz CT molecular complexity index is 2200. The fraction of sp³-hybridized carbons (Fsp3) is 0.0204. The van der Waals surface area contributed by atoms with Crippen LogP contribution < -0.4 is 4.90 Å². The lowest BCUT2D eigenvalue weighted by Gasteiger charge is -2.29. The van der Waals surface area contributed by atoms with E-state index in [2.05, 4.69) is 219 Å². The molecule has 0 spiro atoms. The average Bonchev–Trinajstić information content (AvgIpc) is 3.19. The first kappa shape index (κ1) is 32.1. The first-order valence-electron chi connectivity index (χ1n) is 17.1. The van der Waals surface area contributed by atoms with Crippen LogP contribution in [0.4, 0.5) is 17.1 Å². The van der Waals surface area contributed by atoms with Gasteiger partial charge in [-0.05, 0) is 93.4 Å². The summed E-state index contributed by atoms with van der Waals surface area (Å²) in [4.78, 5) is 2.40. The molecular weight excluding hydrogens is 603 g/mol. The zero-order valence-electron chi connectivity index (χ0n) is 28.3. The second kappa shape index (κ2) is 15.2. The molecule has 0 fully saturated rings. The van der Waals surface area contributed by atoms with Crippen LogP contribution in [0.3, 0.4) is 0 Å². The van der Waals surface area contributed by atoms with Gasteiger partial charge in [-0.15, -0.1) is 0 Å². The van der Waals surface area contributed by atoms with Crippen LogP contribution in [0.25, 0.3) is 50.1 Å². The Morgan fingerprint density at radius 2 is 0.980 bits per heavy atom. The highest BCUT2D eigenvalue weighted by Crippen LogP contribution is 2.44. The van der Waals surface area contributed by atoms with Crippen LogP contribution in [-0.4, -0.2) is 0 Å². The molecule has 7 rings (SSSR count). The highest BCUT2D eigenvalue weighted by Gasteiger charge is 2.19. The van der Waals surface area contributed by atoms with Gasteiger partial charge in [0.25, 0.3) is 0 Å². The number of anilines is 3. The molecule has 0 heterocycles. The SMILES string of the molecule is C=C/C=C(\C=C/C)c1ccc(-c2ccccc2N(c2cccc(-c3ccccc3)c2)c2cccc(-c3ccccc3)c2)cc1-c1ccccc1. The molecule has 0 atom stereocenters. The summed E-state index contributed by atoms with van der Waals surface area (Å²) in [5.74, 6) is 0. The molecule has 0 amide bonds. The third-order valence-electron chi connectivity index (χ3n) is 8.94. The van der Waals surface area contributed by atoms with Crippen molar-refractivity contribution in [3.8, 4) is 44.5 Å². The summed E-state index contributed by atoms with van der Waals surface area (Å²) in [5, 5.41) is 0. The third-order valence-corrected chi connectivity index (χ3v) is 8.94. The fourth-order valence-electron chi connectivity index (χ4n) is 6.61. The Hall–Kier alpha value is -6.44. The zero-order valence-corrected chi connectivity index (χ0v) is 28.3. The first-order chi connectivity index (χ1) is 24.7. The minimum Gasteiger partial charge on any atom is -0.310 e. The predicted octanol–water partition coefficient (Wildman–Crippen LogP) is 14.0. The van der Waals surface area contributed by atoms with Crippen LogP contribution in [0, 0.1) is 0 Å². The summed E-state index contributed by atoms with van der Waals surface area (Å²) in [6, 6.07) is 65.1. The Morgan fingerprint density at radius 1 is 0.460 bits per heavy atom. The van der Waals surface area contributed by atoms with Gasteiger partial charge in [-0.25, -0.2) is 0 Å². The van der Waals surface area contributed by atoms with Gasteiger partial charge in [0.05, 0.1) is 5.69 Å². The first-order valence-corrected chi connectivity index (χ1v) is 17.1. The van der Waals surface area contributed by atoms with E-state index in [1.165, 1.54) is 38.9 Å². The van der Waals surface area contributed by atoms with Crippen molar-refractivity contribution in [2.75, 3.05) is 4.90 Å². The molecule has 240 valence electrons. The van der Waals surface area contributed by atoms with E-state index in [0.29, 0.717) is 0 Å². The molecule has 1 heteroatoms. The fourth-order valence-corrected chi connectivity index (χ4v) is 6.61. The highest BCUT2D eigenvalue weighted by molar-refractivity contribution is 5.93. The maximum absolute atomic E-state index is 4.00. The highest BCUT2D eigenvalue weighted by atomic mass is 15.1. The van der Waals surface area contributed by atoms with Crippen LogP contribution in [-0.2, 0) is 0 Å². The minimum atomic E-state index is 1.09. The average molecular weight is 642 g/mol. The van der Waals surface area contributed by atoms with Crippen molar-refractivity contribution in [2.45, 2.75) is 6.92 Å². The maximum Gasteiger partial charge on any atom is 0.0540 e. The van der Waals surface area contributed by atoms with E-state index in [0.717, 1.165) is 33.8 Å². The lowest BCUT2D eigenvalue weighted by Crippen LogP contribution is -2.11. The zero-order chi connectivity index (χ0) is 34.1. The van der Waals surface area contributed by atoms with E-state index in [9.17, 15) is 0 Å². The normalized spacial score (nSPS) is 11.4. The van der Waals surface area contributed by atoms with Crippen LogP contribution in [0.2, 0.25) is 0 Å². The van der Waals surface area contributed by atoms with Crippen molar-refractivity contribution < 1.29 is 0 Å². The summed E-state index contributed by atoms with van der Waals surface area (Å²) in [6.45, 7) is 6.05. The lowest BCUT2D eigenvalue weighted by molar-refractivity contribution is 1.28. The van der Waals surface area contributed by atoms with Gasteiger partial charge in [-0.3, -0.25) is 0 Å². The van der Waals surface area contributed by atoms with Gasteiger partial charge in [0, 0.05) is 16.9 Å². The molecule has 0 aromatic heterocycles. The second-order valence-corrected chi connectivity index (χ2v) is 12.2. The van der Waals surface area contributed by atoms with Crippen molar-refractivity contribution in [3.05, 3.63) is 218 Å². The molecule has 7 aromatic carbocycles. The Balaban J connectivity index is 1.44. The molecule has 0 saturated carbocycles. The van der Waals surface area contributed by atoms with E-state index in [1.54, 1.807) is 0 Å². The molecule has 0 unspecified atom stereocenters. The van der Waals surface area contributed by atoms with Crippen molar-refractivity contribution in [1.82, 2.24) is 0 Å². The van der Waals surface area contributed by atoms with Gasteiger partial charge in [0.2, 0.25) is 0 Å². The van der Waals surface area contributed by atoms with Crippen LogP contribution in [0.1, 0.15) is 12.5 Å². The number of rotatable bonds is 10. The van der Waals surface area contributed by atoms with Crippen LogP contribution in [0.5, 0.6) is 0 Å². The van der Waals surface area contributed by atoms with Crippen LogP contribution in [0.15, 0.2) is 213 Å². The van der Waals surface area contributed by atoms with Gasteiger partial charge in [-0.2, -0.15) is 0 Å². The predicted molar refractivity (Wildman–Crippen MR) is 216 cm³/mol. The minimum absolute atomic E-state index is 1.09. The number of benzene rings is 7. The number of para-hydroxylation sites is 1. The number of hydrogen-bond donors (Lipinski definition) is 0. The van der Waals surface area contributed by atoms with Crippen LogP contribution >= 0.6 is 0 Å². The van der Waals surface area contributed by atoms with E-state index in [4.69, 9.17) is 0 Å².